The molecule has 0 atom stereocenters. The van der Waals surface area contributed by atoms with Crippen molar-refractivity contribution in [1.29, 1.82) is 0 Å². The highest BCUT2D eigenvalue weighted by Gasteiger charge is 2.22. The van der Waals surface area contributed by atoms with Gasteiger partial charge in [-0.3, -0.25) is 4.79 Å². The normalized spacial score (nSPS) is 10.8. The molecule has 6 heteroatoms. The molecule has 3 aromatic heterocycles. The highest BCUT2D eigenvalue weighted by atomic mass is 32.1. The third-order valence-corrected chi connectivity index (χ3v) is 4.92. The summed E-state index contributed by atoms with van der Waals surface area (Å²) in [5.74, 6) is 0.654. The van der Waals surface area contributed by atoms with Crippen LogP contribution in [0.15, 0.2) is 76.9 Å². The zero-order chi connectivity index (χ0) is 17.9. The average Bonchev–Trinajstić information content (AvgIpc) is 3.42. The molecule has 1 aromatic carbocycles. The van der Waals surface area contributed by atoms with E-state index >= 15 is 0 Å². The average molecular weight is 363 g/mol. The second-order valence-electron chi connectivity index (χ2n) is 5.89. The van der Waals surface area contributed by atoms with Gasteiger partial charge in [-0.25, -0.2) is 4.68 Å². The summed E-state index contributed by atoms with van der Waals surface area (Å²) in [6.07, 6.45) is 3.41. The molecule has 0 saturated carbocycles. The fourth-order valence-electron chi connectivity index (χ4n) is 2.75. The minimum absolute atomic E-state index is 0.0908. The van der Waals surface area contributed by atoms with Crippen molar-refractivity contribution in [2.75, 3.05) is 7.05 Å². The van der Waals surface area contributed by atoms with Crippen LogP contribution in [0.1, 0.15) is 16.1 Å². The number of carbonyl (C=O) groups is 1. The van der Waals surface area contributed by atoms with Gasteiger partial charge in [-0.05, 0) is 35.7 Å². The van der Waals surface area contributed by atoms with Crippen LogP contribution in [0.5, 0.6) is 0 Å². The van der Waals surface area contributed by atoms with Gasteiger partial charge in [0.25, 0.3) is 5.91 Å². The molecule has 0 aliphatic carbocycles. The number of benzene rings is 1. The lowest BCUT2D eigenvalue weighted by atomic mass is 10.2. The largest absolute Gasteiger partial charge is 0.467 e. The maximum atomic E-state index is 13.1. The van der Waals surface area contributed by atoms with Crippen molar-refractivity contribution in [2.24, 2.45) is 0 Å². The summed E-state index contributed by atoms with van der Waals surface area (Å²) >= 11 is 1.57. The topological polar surface area (TPSA) is 51.3 Å². The Bertz CT molecular complexity index is 989. The Hall–Kier alpha value is -3.12. The Morgan fingerprint density at radius 1 is 1.15 bits per heavy atom. The highest BCUT2D eigenvalue weighted by Crippen LogP contribution is 2.28. The molecule has 4 rings (SSSR count). The molecule has 1 amide bonds. The second kappa shape index (κ2) is 7.01. The minimum atomic E-state index is -0.0908. The van der Waals surface area contributed by atoms with Gasteiger partial charge >= 0.3 is 0 Å². The van der Waals surface area contributed by atoms with Crippen LogP contribution in [0, 0.1) is 0 Å². The summed E-state index contributed by atoms with van der Waals surface area (Å²) in [5.41, 5.74) is 2.18. The van der Waals surface area contributed by atoms with E-state index in [1.807, 2.05) is 60.0 Å². The number of amides is 1. The Morgan fingerprint density at radius 3 is 2.69 bits per heavy atom. The number of hydrogen-bond acceptors (Lipinski definition) is 4. The Kier molecular flexibility index (Phi) is 4.41. The van der Waals surface area contributed by atoms with Crippen molar-refractivity contribution in [3.63, 3.8) is 0 Å². The van der Waals surface area contributed by atoms with E-state index < -0.39 is 0 Å². The van der Waals surface area contributed by atoms with Crippen LogP contribution in [0.25, 0.3) is 16.3 Å². The van der Waals surface area contributed by atoms with Gasteiger partial charge in [-0.2, -0.15) is 5.10 Å². The predicted molar refractivity (Wildman–Crippen MR) is 101 cm³/mol. The summed E-state index contributed by atoms with van der Waals surface area (Å²) in [5, 5.41) is 6.66. The van der Waals surface area contributed by atoms with E-state index in [1.54, 1.807) is 40.4 Å². The van der Waals surface area contributed by atoms with E-state index in [1.165, 1.54) is 0 Å². The molecule has 130 valence electrons. The number of hydrogen-bond donors (Lipinski definition) is 0. The molecule has 0 N–H and O–H groups in total. The van der Waals surface area contributed by atoms with E-state index in [9.17, 15) is 4.79 Å². The fourth-order valence-corrected chi connectivity index (χ4v) is 3.48. The Morgan fingerprint density at radius 2 is 2.00 bits per heavy atom. The van der Waals surface area contributed by atoms with Gasteiger partial charge < -0.3 is 9.32 Å². The molecule has 0 unspecified atom stereocenters. The van der Waals surface area contributed by atoms with Gasteiger partial charge in [0.1, 0.15) is 11.5 Å². The van der Waals surface area contributed by atoms with Gasteiger partial charge in [-0.1, -0.05) is 24.3 Å². The van der Waals surface area contributed by atoms with Crippen molar-refractivity contribution in [1.82, 2.24) is 14.7 Å². The molecule has 0 aliphatic rings. The third-order valence-electron chi connectivity index (χ3n) is 4.04. The molecule has 4 aromatic rings. The Balaban J connectivity index is 1.71. The predicted octanol–water partition coefficient (Wildman–Crippen LogP) is 4.47. The van der Waals surface area contributed by atoms with Crippen LogP contribution in [-0.4, -0.2) is 27.6 Å². The summed E-state index contributed by atoms with van der Waals surface area (Å²) in [4.78, 5) is 15.7. The zero-order valence-electron chi connectivity index (χ0n) is 14.2. The van der Waals surface area contributed by atoms with Crippen LogP contribution < -0.4 is 0 Å². The molecule has 26 heavy (non-hydrogen) atoms. The Labute approximate surface area is 155 Å². The number of carbonyl (C=O) groups excluding carboxylic acids is 1. The van der Waals surface area contributed by atoms with Crippen LogP contribution in [0.3, 0.4) is 0 Å². The van der Waals surface area contributed by atoms with Gasteiger partial charge in [0.05, 0.1) is 28.9 Å². The summed E-state index contributed by atoms with van der Waals surface area (Å²) in [7, 11) is 1.77. The quantitative estimate of drug-likeness (QED) is 0.526. The molecule has 0 bridgehead atoms. The number of para-hydroxylation sites is 1. The summed E-state index contributed by atoms with van der Waals surface area (Å²) in [6, 6.07) is 17.4. The van der Waals surface area contributed by atoms with Crippen molar-refractivity contribution in [3.8, 4) is 16.3 Å². The first kappa shape index (κ1) is 16.4. The summed E-state index contributed by atoms with van der Waals surface area (Å²) < 4.78 is 7.11. The number of furan rings is 1. The van der Waals surface area contributed by atoms with Crippen LogP contribution >= 0.6 is 11.3 Å². The van der Waals surface area contributed by atoms with Crippen molar-refractivity contribution < 1.29 is 9.21 Å². The van der Waals surface area contributed by atoms with Crippen molar-refractivity contribution in [3.05, 3.63) is 83.8 Å². The number of rotatable bonds is 5. The number of nitrogens with zero attached hydrogens (tertiary/aromatic N) is 3. The molecule has 0 spiro atoms. The first-order chi connectivity index (χ1) is 12.7. The second-order valence-corrected chi connectivity index (χ2v) is 6.84. The van der Waals surface area contributed by atoms with Gasteiger partial charge in [0.15, 0.2) is 0 Å². The standard InChI is InChI=1S/C20H17N3O2S/c1-22(13-16-9-5-11-25-16)20(24)17-14-23(15-7-3-2-4-8-15)21-19(17)18-10-6-12-26-18/h2-12,14H,13H2,1H3. The van der Waals surface area contributed by atoms with Crippen molar-refractivity contribution >= 4 is 17.2 Å². The van der Waals surface area contributed by atoms with Crippen LogP contribution in [-0.2, 0) is 6.54 Å². The number of thiophene rings is 1. The maximum absolute atomic E-state index is 13.1. The molecule has 0 radical (unpaired) electrons. The smallest absolute Gasteiger partial charge is 0.257 e. The molecule has 0 fully saturated rings. The van der Waals surface area contributed by atoms with E-state index in [0.717, 1.165) is 16.3 Å². The maximum Gasteiger partial charge on any atom is 0.257 e. The first-order valence-corrected chi connectivity index (χ1v) is 9.07. The molecular formula is C20H17N3O2S. The van der Waals surface area contributed by atoms with E-state index in [4.69, 9.17) is 4.42 Å². The van der Waals surface area contributed by atoms with E-state index in [2.05, 4.69) is 5.10 Å². The fraction of sp³-hybridized carbons (Fsp3) is 0.100. The zero-order valence-corrected chi connectivity index (χ0v) is 15.0. The molecular weight excluding hydrogens is 346 g/mol. The van der Waals surface area contributed by atoms with Crippen molar-refractivity contribution in [2.45, 2.75) is 6.54 Å². The molecule has 5 nitrogen and oxygen atoms in total. The highest BCUT2D eigenvalue weighted by molar-refractivity contribution is 7.13. The molecule has 0 saturated heterocycles. The van der Waals surface area contributed by atoms with E-state index in [-0.39, 0.29) is 5.91 Å². The monoisotopic (exact) mass is 363 g/mol. The molecule has 0 aliphatic heterocycles. The summed E-state index contributed by atoms with van der Waals surface area (Å²) in [6.45, 7) is 0.409. The van der Waals surface area contributed by atoms with Crippen LogP contribution in [0.2, 0.25) is 0 Å². The van der Waals surface area contributed by atoms with E-state index in [0.29, 0.717) is 17.8 Å². The van der Waals surface area contributed by atoms with Crippen LogP contribution in [0.4, 0.5) is 0 Å². The lowest BCUT2D eigenvalue weighted by molar-refractivity contribution is 0.0776. The van der Waals surface area contributed by atoms with Gasteiger partial charge in [0.2, 0.25) is 0 Å². The first-order valence-electron chi connectivity index (χ1n) is 8.19. The minimum Gasteiger partial charge on any atom is -0.467 e. The van der Waals surface area contributed by atoms with Gasteiger partial charge in [-0.15, -0.1) is 11.3 Å². The third kappa shape index (κ3) is 3.19. The molecule has 3 heterocycles. The lowest BCUT2D eigenvalue weighted by Gasteiger charge is -2.15. The number of aromatic nitrogens is 2. The lowest BCUT2D eigenvalue weighted by Crippen LogP contribution is -2.26. The van der Waals surface area contributed by atoms with Gasteiger partial charge in [0, 0.05) is 13.2 Å². The SMILES string of the molecule is CN(Cc1ccco1)C(=O)c1cn(-c2ccccc2)nc1-c1cccs1.